The van der Waals surface area contributed by atoms with Gasteiger partial charge >= 0.3 is 5.97 Å². The maximum absolute atomic E-state index is 11.8. The summed E-state index contributed by atoms with van der Waals surface area (Å²) in [6, 6.07) is 0. The minimum atomic E-state index is 0.00142. The first-order chi connectivity index (χ1) is 16.8. The van der Waals surface area contributed by atoms with Gasteiger partial charge in [0.25, 0.3) is 0 Å². The molecule has 0 aromatic rings. The van der Waals surface area contributed by atoms with Crippen molar-refractivity contribution in [1.29, 1.82) is 0 Å². The Labute approximate surface area is 213 Å². The molecule has 0 aliphatic rings. The van der Waals surface area contributed by atoms with E-state index in [2.05, 4.69) is 50.3 Å². The van der Waals surface area contributed by atoms with E-state index in [0.29, 0.717) is 13.0 Å². The summed E-state index contributed by atoms with van der Waals surface area (Å²) in [7, 11) is 0. The second kappa shape index (κ2) is 29.7. The zero-order valence-corrected chi connectivity index (χ0v) is 23.0. The van der Waals surface area contributed by atoms with E-state index in [1.807, 2.05) is 0 Å². The van der Waals surface area contributed by atoms with Gasteiger partial charge in [-0.2, -0.15) is 0 Å². The van der Waals surface area contributed by atoms with Crippen LogP contribution in [0.4, 0.5) is 0 Å². The highest BCUT2D eigenvalue weighted by atomic mass is 16.5. The Morgan fingerprint density at radius 2 is 0.941 bits per heavy atom. The van der Waals surface area contributed by atoms with Crippen molar-refractivity contribution in [3.63, 3.8) is 0 Å². The summed E-state index contributed by atoms with van der Waals surface area (Å²) in [5.41, 5.74) is 0. The Balaban J connectivity index is 3.27. The van der Waals surface area contributed by atoms with Crippen LogP contribution in [-0.4, -0.2) is 12.6 Å². The molecule has 0 bridgehead atoms. The molecule has 2 nitrogen and oxygen atoms in total. The molecule has 0 saturated heterocycles. The van der Waals surface area contributed by atoms with Gasteiger partial charge in [0.15, 0.2) is 0 Å². The zero-order valence-electron chi connectivity index (χ0n) is 23.0. The lowest BCUT2D eigenvalue weighted by Gasteiger charge is -2.05. The first-order valence-corrected chi connectivity index (χ1v) is 14.9. The topological polar surface area (TPSA) is 26.3 Å². The Bertz CT molecular complexity index is 489. The number of esters is 1. The van der Waals surface area contributed by atoms with Gasteiger partial charge in [0, 0.05) is 6.42 Å². The molecular weight excluding hydrogens is 416 g/mol. The van der Waals surface area contributed by atoms with E-state index in [1.165, 1.54) is 109 Å². The van der Waals surface area contributed by atoms with Gasteiger partial charge in [0.05, 0.1) is 6.61 Å². The van der Waals surface area contributed by atoms with E-state index in [1.54, 1.807) is 0 Å². The number of hydrogen-bond acceptors (Lipinski definition) is 2. The molecule has 0 radical (unpaired) electrons. The number of rotatable bonds is 26. The fraction of sp³-hybridized carbons (Fsp3) is 0.781. The third kappa shape index (κ3) is 28.7. The minimum absolute atomic E-state index is 0.00142. The maximum atomic E-state index is 11.8. The lowest BCUT2D eigenvalue weighted by atomic mass is 10.1. The molecule has 0 saturated carbocycles. The van der Waals surface area contributed by atoms with Crippen LogP contribution in [-0.2, 0) is 9.53 Å². The van der Waals surface area contributed by atoms with Gasteiger partial charge < -0.3 is 4.74 Å². The quantitative estimate of drug-likeness (QED) is 0.0707. The van der Waals surface area contributed by atoms with E-state index in [9.17, 15) is 4.79 Å². The highest BCUT2D eigenvalue weighted by Crippen LogP contribution is 2.12. The smallest absolute Gasteiger partial charge is 0.305 e. The van der Waals surface area contributed by atoms with Crippen LogP contribution in [0, 0.1) is 0 Å². The van der Waals surface area contributed by atoms with Crippen molar-refractivity contribution in [3.05, 3.63) is 36.5 Å². The predicted octanol–water partition coefficient (Wildman–Crippen LogP) is 10.8. The third-order valence-corrected chi connectivity index (χ3v) is 6.34. The van der Waals surface area contributed by atoms with E-state index < -0.39 is 0 Å². The molecule has 34 heavy (non-hydrogen) atoms. The molecule has 2 heteroatoms. The largest absolute Gasteiger partial charge is 0.466 e. The molecule has 0 rings (SSSR count). The first kappa shape index (κ1) is 32.7. The molecule has 0 N–H and O–H groups in total. The zero-order chi connectivity index (χ0) is 24.8. The van der Waals surface area contributed by atoms with Gasteiger partial charge in [0.2, 0.25) is 0 Å². The average Bonchev–Trinajstić information content (AvgIpc) is 2.84. The number of hydrogen-bond donors (Lipinski definition) is 0. The number of carbonyl (C=O) groups excluding carboxylic acids is 1. The molecule has 0 aromatic carbocycles. The fourth-order valence-corrected chi connectivity index (χ4v) is 4.06. The van der Waals surface area contributed by atoms with E-state index in [0.717, 1.165) is 25.7 Å². The SMILES string of the molecule is CCCCC=CC=CC=CCCCCCCCC(=O)OCCCCCCCCCCCCCC. The van der Waals surface area contributed by atoms with Crippen LogP contribution >= 0.6 is 0 Å². The lowest BCUT2D eigenvalue weighted by Crippen LogP contribution is -2.05. The van der Waals surface area contributed by atoms with Crippen LogP contribution in [0.25, 0.3) is 0 Å². The Kier molecular flexibility index (Phi) is 28.6. The van der Waals surface area contributed by atoms with Crippen molar-refractivity contribution >= 4 is 5.97 Å². The van der Waals surface area contributed by atoms with Gasteiger partial charge in [0.1, 0.15) is 0 Å². The second-order valence-electron chi connectivity index (χ2n) is 9.80. The van der Waals surface area contributed by atoms with Crippen LogP contribution < -0.4 is 0 Å². The van der Waals surface area contributed by atoms with Crippen molar-refractivity contribution in [2.75, 3.05) is 6.61 Å². The summed E-state index contributed by atoms with van der Waals surface area (Å²) >= 11 is 0. The number of carbonyl (C=O) groups is 1. The van der Waals surface area contributed by atoms with Crippen molar-refractivity contribution in [2.24, 2.45) is 0 Å². The van der Waals surface area contributed by atoms with Crippen LogP contribution in [0.15, 0.2) is 36.5 Å². The van der Waals surface area contributed by atoms with Gasteiger partial charge in [-0.1, -0.05) is 153 Å². The van der Waals surface area contributed by atoms with Crippen LogP contribution in [0.1, 0.15) is 155 Å². The fourth-order valence-electron chi connectivity index (χ4n) is 4.06. The molecule has 0 spiro atoms. The van der Waals surface area contributed by atoms with Crippen molar-refractivity contribution < 1.29 is 9.53 Å². The molecule has 0 aromatic heterocycles. The predicted molar refractivity (Wildman–Crippen MR) is 151 cm³/mol. The van der Waals surface area contributed by atoms with Crippen molar-refractivity contribution in [1.82, 2.24) is 0 Å². The lowest BCUT2D eigenvalue weighted by molar-refractivity contribution is -0.143. The summed E-state index contributed by atoms with van der Waals surface area (Å²) in [6.07, 6.45) is 40.3. The monoisotopic (exact) mass is 474 g/mol. The normalized spacial score (nSPS) is 11.9. The van der Waals surface area contributed by atoms with Crippen molar-refractivity contribution in [3.8, 4) is 0 Å². The van der Waals surface area contributed by atoms with Crippen LogP contribution in [0.3, 0.4) is 0 Å². The Morgan fingerprint density at radius 3 is 1.50 bits per heavy atom. The highest BCUT2D eigenvalue weighted by Gasteiger charge is 2.02. The van der Waals surface area contributed by atoms with E-state index in [4.69, 9.17) is 4.74 Å². The van der Waals surface area contributed by atoms with E-state index >= 15 is 0 Å². The minimum Gasteiger partial charge on any atom is -0.466 e. The molecule has 198 valence electrons. The van der Waals surface area contributed by atoms with Crippen LogP contribution in [0.5, 0.6) is 0 Å². The number of unbranched alkanes of at least 4 members (excludes halogenated alkanes) is 18. The highest BCUT2D eigenvalue weighted by molar-refractivity contribution is 5.69. The summed E-state index contributed by atoms with van der Waals surface area (Å²) in [5, 5.41) is 0. The standard InChI is InChI=1S/C32H58O2/c1-3-5-7-9-11-13-15-17-18-19-20-22-24-26-28-30-32(33)34-31-29-27-25-23-21-16-14-12-10-8-6-4-2/h9,11,13,15,17-18H,3-8,10,12,14,16,19-31H2,1-2H3. The molecule has 0 fully saturated rings. The second-order valence-corrected chi connectivity index (χ2v) is 9.80. The summed E-state index contributed by atoms with van der Waals surface area (Å²) in [4.78, 5) is 11.8. The van der Waals surface area contributed by atoms with Crippen molar-refractivity contribution in [2.45, 2.75) is 155 Å². The first-order valence-electron chi connectivity index (χ1n) is 14.9. The van der Waals surface area contributed by atoms with Crippen LogP contribution in [0.2, 0.25) is 0 Å². The van der Waals surface area contributed by atoms with Gasteiger partial charge in [-0.15, -0.1) is 0 Å². The Morgan fingerprint density at radius 1 is 0.500 bits per heavy atom. The summed E-state index contributed by atoms with van der Waals surface area (Å²) in [6.45, 7) is 5.12. The van der Waals surface area contributed by atoms with Gasteiger partial charge in [-0.3, -0.25) is 4.79 Å². The average molecular weight is 475 g/mol. The maximum Gasteiger partial charge on any atom is 0.305 e. The molecule has 0 amide bonds. The molecule has 0 heterocycles. The molecular formula is C32H58O2. The van der Waals surface area contributed by atoms with Gasteiger partial charge in [-0.25, -0.2) is 0 Å². The molecule has 0 aliphatic heterocycles. The third-order valence-electron chi connectivity index (χ3n) is 6.34. The summed E-state index contributed by atoms with van der Waals surface area (Å²) in [5.74, 6) is 0.00142. The summed E-state index contributed by atoms with van der Waals surface area (Å²) < 4.78 is 5.39. The molecule has 0 aliphatic carbocycles. The molecule has 0 atom stereocenters. The molecule has 0 unspecified atom stereocenters. The number of ether oxygens (including phenoxy) is 1. The number of allylic oxidation sites excluding steroid dienone is 6. The van der Waals surface area contributed by atoms with E-state index in [-0.39, 0.29) is 5.97 Å². The Hall–Kier alpha value is -1.31. The van der Waals surface area contributed by atoms with Gasteiger partial charge in [-0.05, 0) is 32.1 Å².